The Morgan fingerprint density at radius 3 is 2.79 bits per heavy atom. The van der Waals surface area contributed by atoms with Crippen molar-refractivity contribution in [2.75, 3.05) is 20.2 Å². The lowest BCUT2D eigenvalue weighted by atomic mass is 10.2. The van der Waals surface area contributed by atoms with Gasteiger partial charge < -0.3 is 9.64 Å². The van der Waals surface area contributed by atoms with Crippen molar-refractivity contribution in [3.63, 3.8) is 0 Å². The largest absolute Gasteiger partial charge is 0.485 e. The molecular formula is C14H20N2O3. The number of hydrogen-bond acceptors (Lipinski definition) is 4. The Morgan fingerprint density at radius 2 is 2.16 bits per heavy atom. The number of nitro benzene ring substituents is 1. The van der Waals surface area contributed by atoms with E-state index in [1.54, 1.807) is 18.2 Å². The number of para-hydroxylation sites is 2. The lowest BCUT2D eigenvalue weighted by Gasteiger charge is -2.24. The monoisotopic (exact) mass is 264 g/mol. The Morgan fingerprint density at radius 1 is 1.47 bits per heavy atom. The molecule has 2 rings (SSSR count). The van der Waals surface area contributed by atoms with Crippen LogP contribution in [0.3, 0.4) is 0 Å². The fraction of sp³-hybridized carbons (Fsp3) is 0.571. The summed E-state index contributed by atoms with van der Waals surface area (Å²) >= 11 is 0. The second kappa shape index (κ2) is 6.02. The second-order valence-electron chi connectivity index (χ2n) is 5.13. The standard InChI is InChI=1S/C14H20N2O3/c1-11(12-7-8-12)15(2)9-10-19-14-6-4-3-5-13(14)16(17)18/h3-6,11-12H,7-10H2,1-2H3. The fourth-order valence-electron chi connectivity index (χ4n) is 2.17. The molecule has 0 aromatic heterocycles. The lowest BCUT2D eigenvalue weighted by Crippen LogP contribution is -2.34. The molecule has 0 aliphatic heterocycles. The molecule has 0 saturated heterocycles. The molecule has 5 heteroatoms. The van der Waals surface area contributed by atoms with E-state index in [9.17, 15) is 10.1 Å². The van der Waals surface area contributed by atoms with Crippen LogP contribution < -0.4 is 4.74 Å². The van der Waals surface area contributed by atoms with Gasteiger partial charge >= 0.3 is 5.69 Å². The molecule has 1 unspecified atom stereocenters. The maximum atomic E-state index is 10.8. The number of ether oxygens (including phenoxy) is 1. The highest BCUT2D eigenvalue weighted by atomic mass is 16.6. The summed E-state index contributed by atoms with van der Waals surface area (Å²) in [6.07, 6.45) is 2.63. The van der Waals surface area contributed by atoms with Gasteiger partial charge in [-0.15, -0.1) is 0 Å². The first-order valence-electron chi connectivity index (χ1n) is 6.66. The smallest absolute Gasteiger partial charge is 0.310 e. The first-order valence-corrected chi connectivity index (χ1v) is 6.66. The number of hydrogen-bond donors (Lipinski definition) is 0. The summed E-state index contributed by atoms with van der Waals surface area (Å²) in [5, 5.41) is 10.8. The summed E-state index contributed by atoms with van der Waals surface area (Å²) < 4.78 is 5.54. The van der Waals surface area contributed by atoms with Crippen molar-refractivity contribution in [3.8, 4) is 5.75 Å². The molecule has 5 nitrogen and oxygen atoms in total. The maximum Gasteiger partial charge on any atom is 0.310 e. The van der Waals surface area contributed by atoms with Gasteiger partial charge in [-0.3, -0.25) is 10.1 Å². The zero-order chi connectivity index (χ0) is 13.8. The maximum absolute atomic E-state index is 10.8. The molecule has 1 aliphatic carbocycles. The van der Waals surface area contributed by atoms with E-state index in [0.29, 0.717) is 18.4 Å². The predicted molar refractivity (Wildman–Crippen MR) is 73.4 cm³/mol. The highest BCUT2D eigenvalue weighted by Gasteiger charge is 2.30. The quantitative estimate of drug-likeness (QED) is 0.561. The van der Waals surface area contributed by atoms with Gasteiger partial charge in [0.25, 0.3) is 0 Å². The average Bonchev–Trinajstić information content (AvgIpc) is 3.22. The van der Waals surface area contributed by atoms with Gasteiger partial charge in [-0.1, -0.05) is 12.1 Å². The molecule has 1 aromatic carbocycles. The van der Waals surface area contributed by atoms with Crippen molar-refractivity contribution in [1.82, 2.24) is 4.90 Å². The van der Waals surface area contributed by atoms with Gasteiger partial charge in [-0.05, 0) is 38.8 Å². The Hall–Kier alpha value is -1.62. The SMILES string of the molecule is CC(C1CC1)N(C)CCOc1ccccc1[N+](=O)[O-]. The van der Waals surface area contributed by atoms with E-state index in [1.165, 1.54) is 18.9 Å². The van der Waals surface area contributed by atoms with Crippen LogP contribution in [0.5, 0.6) is 5.75 Å². The van der Waals surface area contributed by atoms with E-state index in [1.807, 2.05) is 0 Å². The minimum Gasteiger partial charge on any atom is -0.485 e. The number of likely N-dealkylation sites (N-methyl/N-ethyl adjacent to an activating group) is 1. The van der Waals surface area contributed by atoms with Gasteiger partial charge in [0.1, 0.15) is 6.61 Å². The molecule has 0 amide bonds. The molecule has 0 radical (unpaired) electrons. The minimum atomic E-state index is -0.411. The van der Waals surface area contributed by atoms with Crippen molar-refractivity contribution in [2.24, 2.45) is 5.92 Å². The molecule has 1 saturated carbocycles. The number of rotatable bonds is 7. The van der Waals surface area contributed by atoms with Crippen LogP contribution in [0.4, 0.5) is 5.69 Å². The predicted octanol–water partition coefficient (Wildman–Crippen LogP) is 2.70. The summed E-state index contributed by atoms with van der Waals surface area (Å²) in [7, 11) is 2.08. The van der Waals surface area contributed by atoms with Crippen LogP contribution in [0.25, 0.3) is 0 Å². The van der Waals surface area contributed by atoms with Crippen LogP contribution in [0.1, 0.15) is 19.8 Å². The highest BCUT2D eigenvalue weighted by Crippen LogP contribution is 2.34. The van der Waals surface area contributed by atoms with Crippen molar-refractivity contribution in [2.45, 2.75) is 25.8 Å². The van der Waals surface area contributed by atoms with E-state index in [0.717, 1.165) is 12.5 Å². The topological polar surface area (TPSA) is 55.6 Å². The van der Waals surface area contributed by atoms with Crippen LogP contribution in [0, 0.1) is 16.0 Å². The molecule has 1 aromatic rings. The molecule has 1 aliphatic rings. The Kier molecular flexibility index (Phi) is 4.37. The Balaban J connectivity index is 1.83. The number of nitrogens with zero attached hydrogens (tertiary/aromatic N) is 2. The Bertz CT molecular complexity index is 446. The normalized spacial score (nSPS) is 16.4. The highest BCUT2D eigenvalue weighted by molar-refractivity contribution is 5.45. The molecule has 1 fully saturated rings. The number of benzene rings is 1. The van der Waals surface area contributed by atoms with Gasteiger partial charge in [0.05, 0.1) is 4.92 Å². The summed E-state index contributed by atoms with van der Waals surface area (Å²) in [5.41, 5.74) is 0.0281. The van der Waals surface area contributed by atoms with Crippen LogP contribution in [0.2, 0.25) is 0 Å². The zero-order valence-electron chi connectivity index (χ0n) is 11.4. The van der Waals surface area contributed by atoms with Crippen molar-refractivity contribution >= 4 is 5.69 Å². The zero-order valence-corrected chi connectivity index (χ0v) is 11.4. The summed E-state index contributed by atoms with van der Waals surface area (Å²) in [4.78, 5) is 12.7. The molecule has 104 valence electrons. The summed E-state index contributed by atoms with van der Waals surface area (Å²) in [6, 6.07) is 7.06. The van der Waals surface area contributed by atoms with Crippen LogP contribution in [-0.4, -0.2) is 36.1 Å². The summed E-state index contributed by atoms with van der Waals surface area (Å²) in [5.74, 6) is 1.16. The average molecular weight is 264 g/mol. The minimum absolute atomic E-state index is 0.0281. The third kappa shape index (κ3) is 3.67. The Labute approximate surface area is 113 Å². The van der Waals surface area contributed by atoms with E-state index in [-0.39, 0.29) is 5.69 Å². The van der Waals surface area contributed by atoms with Crippen LogP contribution in [0.15, 0.2) is 24.3 Å². The van der Waals surface area contributed by atoms with Crippen molar-refractivity contribution in [3.05, 3.63) is 34.4 Å². The fourth-order valence-corrected chi connectivity index (χ4v) is 2.17. The van der Waals surface area contributed by atoms with Gasteiger partial charge in [-0.2, -0.15) is 0 Å². The molecule has 0 spiro atoms. The molecule has 0 bridgehead atoms. The molecule has 0 heterocycles. The van der Waals surface area contributed by atoms with Gasteiger partial charge in [0, 0.05) is 18.7 Å². The van der Waals surface area contributed by atoms with Crippen molar-refractivity contribution < 1.29 is 9.66 Å². The third-order valence-corrected chi connectivity index (χ3v) is 3.76. The molecule has 0 N–H and O–H groups in total. The first kappa shape index (κ1) is 13.8. The van der Waals surface area contributed by atoms with Crippen LogP contribution >= 0.6 is 0 Å². The van der Waals surface area contributed by atoms with E-state index in [2.05, 4.69) is 18.9 Å². The van der Waals surface area contributed by atoms with E-state index < -0.39 is 4.92 Å². The third-order valence-electron chi connectivity index (χ3n) is 3.76. The second-order valence-corrected chi connectivity index (χ2v) is 5.13. The van der Waals surface area contributed by atoms with Gasteiger partial charge in [0.15, 0.2) is 5.75 Å². The van der Waals surface area contributed by atoms with E-state index >= 15 is 0 Å². The number of nitro groups is 1. The molecule has 1 atom stereocenters. The van der Waals surface area contributed by atoms with Gasteiger partial charge in [-0.25, -0.2) is 0 Å². The first-order chi connectivity index (χ1) is 9.09. The molecule has 19 heavy (non-hydrogen) atoms. The lowest BCUT2D eigenvalue weighted by molar-refractivity contribution is -0.385. The summed E-state index contributed by atoms with van der Waals surface area (Å²) in [6.45, 7) is 3.48. The van der Waals surface area contributed by atoms with Gasteiger partial charge in [0.2, 0.25) is 0 Å². The van der Waals surface area contributed by atoms with Crippen molar-refractivity contribution in [1.29, 1.82) is 0 Å². The van der Waals surface area contributed by atoms with E-state index in [4.69, 9.17) is 4.74 Å². The molecular weight excluding hydrogens is 244 g/mol. The van der Waals surface area contributed by atoms with Crippen LogP contribution in [-0.2, 0) is 0 Å².